The fourth-order valence-electron chi connectivity index (χ4n) is 4.34. The minimum atomic E-state index is -0.960. The summed E-state index contributed by atoms with van der Waals surface area (Å²) in [4.78, 5) is 10.7. The van der Waals surface area contributed by atoms with Gasteiger partial charge >= 0.3 is 0 Å². The zero-order valence-corrected chi connectivity index (χ0v) is 8.06. The molecule has 3 unspecified atom stereocenters. The molecule has 78 valence electrons. The van der Waals surface area contributed by atoms with Crippen molar-refractivity contribution >= 4 is 0 Å². The van der Waals surface area contributed by atoms with Crippen LogP contribution in [0, 0.1) is 27.9 Å². The Balaban J connectivity index is 1.97. The van der Waals surface area contributed by atoms with Gasteiger partial charge in [-0.15, -0.1) is 0 Å². The number of nitrogens with zero attached hydrogens (tertiary/aromatic N) is 1. The Kier molecular flexibility index (Phi) is 1.53. The Morgan fingerprint density at radius 2 is 1.79 bits per heavy atom. The van der Waals surface area contributed by atoms with E-state index in [1.165, 1.54) is 6.42 Å². The smallest absolute Gasteiger partial charge is 0.244 e. The lowest BCUT2D eigenvalue weighted by Gasteiger charge is -2.54. The first-order valence-electron chi connectivity index (χ1n) is 5.44. The van der Waals surface area contributed by atoms with E-state index >= 15 is 0 Å². The van der Waals surface area contributed by atoms with E-state index in [1.807, 2.05) is 0 Å². The molecule has 0 radical (unpaired) electrons. The third kappa shape index (κ3) is 0.975. The molecule has 0 aliphatic heterocycles. The lowest BCUT2D eigenvalue weighted by atomic mass is 9.52. The second-order valence-electron chi connectivity index (χ2n) is 5.44. The Labute approximate surface area is 82.5 Å². The Hall–Kier alpha value is -0.640. The number of hydrogen-bond acceptors (Lipinski definition) is 3. The highest BCUT2D eigenvalue weighted by Gasteiger charge is 2.62. The molecule has 0 amide bonds. The van der Waals surface area contributed by atoms with E-state index in [4.69, 9.17) is 0 Å². The first-order chi connectivity index (χ1) is 6.58. The van der Waals surface area contributed by atoms with Gasteiger partial charge in [0.25, 0.3) is 0 Å². The normalized spacial score (nSPS) is 54.9. The molecule has 4 aliphatic rings. The van der Waals surface area contributed by atoms with Crippen LogP contribution >= 0.6 is 0 Å². The summed E-state index contributed by atoms with van der Waals surface area (Å²) in [6.07, 6.45) is 4.50. The van der Waals surface area contributed by atoms with E-state index < -0.39 is 11.6 Å². The van der Waals surface area contributed by atoms with E-state index in [1.54, 1.807) is 0 Å². The van der Waals surface area contributed by atoms with Gasteiger partial charge in [-0.2, -0.15) is 0 Å². The lowest BCUT2D eigenvalue weighted by molar-refractivity contribution is -0.568. The van der Waals surface area contributed by atoms with Crippen LogP contribution in [0.25, 0.3) is 0 Å². The highest BCUT2D eigenvalue weighted by Crippen LogP contribution is 2.56. The van der Waals surface area contributed by atoms with Gasteiger partial charge < -0.3 is 5.11 Å². The SMILES string of the molecule is O=[N+]([O-])C1C2CC3CC(C2)CC1(O)C3. The Bertz CT molecular complexity index is 277. The van der Waals surface area contributed by atoms with Crippen molar-refractivity contribution in [1.29, 1.82) is 0 Å². The van der Waals surface area contributed by atoms with Crippen LogP contribution in [-0.4, -0.2) is 21.7 Å². The van der Waals surface area contributed by atoms with E-state index in [-0.39, 0.29) is 10.8 Å². The fourth-order valence-corrected chi connectivity index (χ4v) is 4.34. The average Bonchev–Trinajstić information content (AvgIpc) is 1.97. The molecule has 4 rings (SSSR count). The highest BCUT2D eigenvalue weighted by atomic mass is 16.6. The van der Waals surface area contributed by atoms with E-state index in [0.717, 1.165) is 12.8 Å². The van der Waals surface area contributed by atoms with Gasteiger partial charge in [0.05, 0.1) is 0 Å². The molecule has 0 aromatic rings. The molecule has 4 heteroatoms. The molecular formula is C10H15NO3. The van der Waals surface area contributed by atoms with Gasteiger partial charge in [-0.25, -0.2) is 0 Å². The summed E-state index contributed by atoms with van der Waals surface area (Å²) < 4.78 is 0. The van der Waals surface area contributed by atoms with Gasteiger partial charge in [0.15, 0.2) is 0 Å². The van der Waals surface area contributed by atoms with E-state index in [0.29, 0.717) is 24.7 Å². The monoisotopic (exact) mass is 197 g/mol. The molecule has 4 nitrogen and oxygen atoms in total. The molecular weight excluding hydrogens is 182 g/mol. The molecule has 0 aromatic carbocycles. The minimum absolute atomic E-state index is 0.154. The standard InChI is InChI=1S/C10H15NO3/c12-10-4-6-1-7(5-10)3-8(2-6)9(10)11(13)14/h6-9,12H,1-5H2. The number of aliphatic hydroxyl groups is 1. The molecule has 4 aliphatic carbocycles. The van der Waals surface area contributed by atoms with Crippen molar-refractivity contribution in [2.75, 3.05) is 0 Å². The molecule has 0 aromatic heterocycles. The third-order valence-electron chi connectivity index (χ3n) is 4.45. The number of hydrogen-bond donors (Lipinski definition) is 1. The molecule has 0 spiro atoms. The molecule has 14 heavy (non-hydrogen) atoms. The maximum Gasteiger partial charge on any atom is 0.244 e. The summed E-state index contributed by atoms with van der Waals surface area (Å²) in [7, 11) is 0. The average molecular weight is 197 g/mol. The summed E-state index contributed by atoms with van der Waals surface area (Å²) >= 11 is 0. The van der Waals surface area contributed by atoms with Crippen molar-refractivity contribution in [2.24, 2.45) is 17.8 Å². The largest absolute Gasteiger partial charge is 0.383 e. The van der Waals surface area contributed by atoms with Crippen LogP contribution in [0.15, 0.2) is 0 Å². The maximum absolute atomic E-state index is 10.9. The van der Waals surface area contributed by atoms with Crippen molar-refractivity contribution in [1.82, 2.24) is 0 Å². The fraction of sp³-hybridized carbons (Fsp3) is 1.00. The van der Waals surface area contributed by atoms with Gasteiger partial charge in [-0.05, 0) is 43.9 Å². The molecule has 4 saturated carbocycles. The number of rotatable bonds is 1. The predicted octanol–water partition coefficient (Wildman–Crippen LogP) is 1.20. The van der Waals surface area contributed by atoms with Gasteiger partial charge in [-0.1, -0.05) is 0 Å². The first kappa shape index (κ1) is 8.65. The number of nitro groups is 1. The van der Waals surface area contributed by atoms with Gasteiger partial charge in [0, 0.05) is 10.8 Å². The topological polar surface area (TPSA) is 63.4 Å². The molecule has 0 saturated heterocycles. The molecule has 0 heterocycles. The van der Waals surface area contributed by atoms with Gasteiger partial charge in [0.1, 0.15) is 5.60 Å². The zero-order valence-electron chi connectivity index (χ0n) is 8.06. The Morgan fingerprint density at radius 1 is 1.21 bits per heavy atom. The molecule has 3 atom stereocenters. The Morgan fingerprint density at radius 3 is 2.21 bits per heavy atom. The van der Waals surface area contributed by atoms with Crippen LogP contribution < -0.4 is 0 Å². The van der Waals surface area contributed by atoms with Crippen LogP contribution in [0.3, 0.4) is 0 Å². The van der Waals surface area contributed by atoms with Crippen LogP contribution in [-0.2, 0) is 0 Å². The summed E-state index contributed by atoms with van der Waals surface area (Å²) in [5.74, 6) is 1.28. The summed E-state index contributed by atoms with van der Waals surface area (Å²) in [5.41, 5.74) is -0.960. The molecule has 4 fully saturated rings. The maximum atomic E-state index is 10.9. The third-order valence-corrected chi connectivity index (χ3v) is 4.45. The van der Waals surface area contributed by atoms with Crippen LogP contribution in [0.1, 0.15) is 32.1 Å². The van der Waals surface area contributed by atoms with Crippen molar-refractivity contribution in [3.8, 4) is 0 Å². The minimum Gasteiger partial charge on any atom is -0.383 e. The summed E-state index contributed by atoms with van der Waals surface area (Å²) in [6, 6.07) is -0.671. The van der Waals surface area contributed by atoms with Gasteiger partial charge in [-0.3, -0.25) is 10.1 Å². The first-order valence-corrected chi connectivity index (χ1v) is 5.44. The summed E-state index contributed by atoms with van der Waals surface area (Å²) in [6.45, 7) is 0. The second kappa shape index (κ2) is 2.48. The van der Waals surface area contributed by atoms with E-state index in [2.05, 4.69) is 0 Å². The van der Waals surface area contributed by atoms with Crippen LogP contribution in [0.2, 0.25) is 0 Å². The lowest BCUT2D eigenvalue weighted by Crippen LogP contribution is -2.63. The molecule has 4 bridgehead atoms. The van der Waals surface area contributed by atoms with Crippen LogP contribution in [0.4, 0.5) is 0 Å². The second-order valence-corrected chi connectivity index (χ2v) is 5.44. The van der Waals surface area contributed by atoms with Crippen molar-refractivity contribution in [2.45, 2.75) is 43.7 Å². The summed E-state index contributed by atoms with van der Waals surface area (Å²) in [5, 5.41) is 21.2. The van der Waals surface area contributed by atoms with Crippen molar-refractivity contribution in [3.05, 3.63) is 10.1 Å². The molecule has 1 N–H and O–H groups in total. The van der Waals surface area contributed by atoms with Crippen molar-refractivity contribution < 1.29 is 10.0 Å². The highest BCUT2D eigenvalue weighted by molar-refractivity contribution is 5.07. The van der Waals surface area contributed by atoms with Crippen LogP contribution in [0.5, 0.6) is 0 Å². The quantitative estimate of drug-likeness (QED) is 0.507. The van der Waals surface area contributed by atoms with E-state index in [9.17, 15) is 15.2 Å². The van der Waals surface area contributed by atoms with Gasteiger partial charge in [0.2, 0.25) is 6.04 Å². The predicted molar refractivity (Wildman–Crippen MR) is 49.3 cm³/mol. The van der Waals surface area contributed by atoms with Crippen molar-refractivity contribution in [3.63, 3.8) is 0 Å². The zero-order chi connectivity index (χ0) is 9.92.